The number of nitrogens with one attached hydrogen (secondary N) is 2. The number of ether oxygens (including phenoxy) is 2. The van der Waals surface area contributed by atoms with Gasteiger partial charge >= 0.3 is 0 Å². The fourth-order valence-electron chi connectivity index (χ4n) is 4.48. The molecule has 0 spiro atoms. The van der Waals surface area contributed by atoms with Crippen molar-refractivity contribution >= 4 is 21.6 Å². The molecule has 0 bridgehead atoms. The second-order valence-corrected chi connectivity index (χ2v) is 10.2. The molecule has 1 aliphatic heterocycles. The predicted octanol–water partition coefficient (Wildman–Crippen LogP) is 4.11. The first-order chi connectivity index (χ1) is 16.5. The molecule has 8 heteroatoms. The molecule has 0 fully saturated rings. The molecule has 7 nitrogen and oxygen atoms in total. The van der Waals surface area contributed by atoms with Gasteiger partial charge in [-0.2, -0.15) is 0 Å². The Hall–Kier alpha value is -3.52. The van der Waals surface area contributed by atoms with Crippen LogP contribution in [0.3, 0.4) is 0 Å². The monoisotopic (exact) mass is 478 g/mol. The van der Waals surface area contributed by atoms with Crippen LogP contribution < -0.4 is 19.5 Å². The number of hydrogen-bond donors (Lipinski definition) is 2. The van der Waals surface area contributed by atoms with Crippen molar-refractivity contribution in [3.05, 3.63) is 83.4 Å². The number of rotatable bonds is 6. The molecule has 2 N–H and O–H groups in total. The third-order valence-electron chi connectivity index (χ3n) is 6.23. The molecule has 5 rings (SSSR count). The van der Waals surface area contributed by atoms with Crippen LogP contribution in [0.4, 0.5) is 5.69 Å². The largest absolute Gasteiger partial charge is 0.486 e. The number of benzene rings is 3. The molecule has 1 atom stereocenters. The maximum absolute atomic E-state index is 12.8. The summed E-state index contributed by atoms with van der Waals surface area (Å²) in [7, 11) is -3.82. The molecule has 2 aliphatic rings. The highest BCUT2D eigenvalue weighted by Crippen LogP contribution is 2.33. The number of hydrogen-bond acceptors (Lipinski definition) is 5. The molecule has 0 aromatic heterocycles. The fourth-order valence-corrected chi connectivity index (χ4v) is 5.55. The molecule has 1 unspecified atom stereocenters. The summed E-state index contributed by atoms with van der Waals surface area (Å²) in [6, 6.07) is 19.3. The highest BCUT2D eigenvalue weighted by molar-refractivity contribution is 7.92. The van der Waals surface area contributed by atoms with Crippen molar-refractivity contribution in [3.8, 4) is 11.5 Å². The summed E-state index contributed by atoms with van der Waals surface area (Å²) in [4.78, 5) is 12.8. The average molecular weight is 479 g/mol. The number of sulfonamides is 1. The van der Waals surface area contributed by atoms with Gasteiger partial charge in [0.05, 0.1) is 4.90 Å². The van der Waals surface area contributed by atoms with Gasteiger partial charge < -0.3 is 14.8 Å². The lowest BCUT2D eigenvalue weighted by atomic mass is 9.83. The molecular weight excluding hydrogens is 452 g/mol. The van der Waals surface area contributed by atoms with Crippen molar-refractivity contribution in [2.45, 2.75) is 30.1 Å². The first kappa shape index (κ1) is 22.3. The zero-order valence-corrected chi connectivity index (χ0v) is 19.4. The molecule has 3 aromatic rings. The molecule has 1 aliphatic carbocycles. The Morgan fingerprint density at radius 2 is 1.71 bits per heavy atom. The third-order valence-corrected chi connectivity index (χ3v) is 7.60. The summed E-state index contributed by atoms with van der Waals surface area (Å²) in [5.74, 6) is 1.06. The minimum absolute atomic E-state index is 0.0753. The van der Waals surface area contributed by atoms with E-state index in [0.717, 1.165) is 19.3 Å². The van der Waals surface area contributed by atoms with E-state index in [0.29, 0.717) is 48.4 Å². The van der Waals surface area contributed by atoms with E-state index < -0.39 is 10.0 Å². The zero-order valence-electron chi connectivity index (χ0n) is 18.6. The van der Waals surface area contributed by atoms with Crippen LogP contribution in [0.25, 0.3) is 0 Å². The highest BCUT2D eigenvalue weighted by Gasteiger charge is 2.21. The maximum atomic E-state index is 12.8. The Morgan fingerprint density at radius 1 is 0.941 bits per heavy atom. The van der Waals surface area contributed by atoms with Crippen molar-refractivity contribution in [1.29, 1.82) is 0 Å². The normalized spacial score (nSPS) is 16.9. The summed E-state index contributed by atoms with van der Waals surface area (Å²) >= 11 is 0. The summed E-state index contributed by atoms with van der Waals surface area (Å²) < 4.78 is 39.1. The van der Waals surface area contributed by atoms with Gasteiger partial charge in [0.15, 0.2) is 11.5 Å². The second-order valence-electron chi connectivity index (χ2n) is 8.49. The average Bonchev–Trinajstić information content (AvgIpc) is 2.87. The summed E-state index contributed by atoms with van der Waals surface area (Å²) in [5.41, 5.74) is 3.53. The SMILES string of the molecule is O=C(NCC1CCCc2ccccc21)c1ccc(NS(=O)(=O)c2ccc3c(c2)OCCO3)cc1. The molecule has 0 radical (unpaired) electrons. The van der Waals surface area contributed by atoms with Crippen LogP contribution in [-0.4, -0.2) is 34.1 Å². The number of carbonyl (C=O) groups excluding carboxylic acids is 1. The smallest absolute Gasteiger partial charge is 0.262 e. The molecule has 1 heterocycles. The van der Waals surface area contributed by atoms with Crippen LogP contribution in [0, 0.1) is 0 Å². The van der Waals surface area contributed by atoms with Crippen molar-refractivity contribution < 1.29 is 22.7 Å². The molecule has 176 valence electrons. The zero-order chi connectivity index (χ0) is 23.5. The lowest BCUT2D eigenvalue weighted by Gasteiger charge is -2.25. The topological polar surface area (TPSA) is 93.7 Å². The van der Waals surface area contributed by atoms with E-state index in [4.69, 9.17) is 9.47 Å². The predicted molar refractivity (Wildman–Crippen MR) is 129 cm³/mol. The Morgan fingerprint density at radius 3 is 2.53 bits per heavy atom. The van der Waals surface area contributed by atoms with Crippen LogP contribution in [-0.2, 0) is 16.4 Å². The fraction of sp³-hybridized carbons (Fsp3) is 0.269. The number of aryl methyl sites for hydroxylation is 1. The quantitative estimate of drug-likeness (QED) is 0.556. The van der Waals surface area contributed by atoms with E-state index in [9.17, 15) is 13.2 Å². The first-order valence-corrected chi connectivity index (χ1v) is 12.9. The maximum Gasteiger partial charge on any atom is 0.262 e. The van der Waals surface area contributed by atoms with Crippen molar-refractivity contribution in [2.75, 3.05) is 24.5 Å². The van der Waals surface area contributed by atoms with Crippen LogP contribution in [0.5, 0.6) is 11.5 Å². The lowest BCUT2D eigenvalue weighted by Crippen LogP contribution is -2.29. The van der Waals surface area contributed by atoms with Gasteiger partial charge in [0.2, 0.25) is 0 Å². The van der Waals surface area contributed by atoms with E-state index in [2.05, 4.69) is 28.2 Å². The Kier molecular flexibility index (Phi) is 6.15. The van der Waals surface area contributed by atoms with E-state index >= 15 is 0 Å². The molecular formula is C26H26N2O5S. The number of fused-ring (bicyclic) bond motifs is 2. The number of amides is 1. The van der Waals surface area contributed by atoms with Gasteiger partial charge in [-0.15, -0.1) is 0 Å². The van der Waals surface area contributed by atoms with Gasteiger partial charge in [-0.25, -0.2) is 8.42 Å². The molecule has 0 saturated carbocycles. The van der Waals surface area contributed by atoms with E-state index in [-0.39, 0.29) is 10.8 Å². The van der Waals surface area contributed by atoms with Gasteiger partial charge in [-0.1, -0.05) is 24.3 Å². The van der Waals surface area contributed by atoms with Gasteiger partial charge in [-0.05, 0) is 66.8 Å². The summed E-state index contributed by atoms with van der Waals surface area (Å²) in [6.07, 6.45) is 3.26. The van der Waals surface area contributed by atoms with E-state index in [1.165, 1.54) is 23.3 Å². The van der Waals surface area contributed by atoms with Crippen molar-refractivity contribution in [1.82, 2.24) is 5.32 Å². The van der Waals surface area contributed by atoms with Gasteiger partial charge in [0, 0.05) is 29.8 Å². The number of carbonyl (C=O) groups is 1. The third kappa shape index (κ3) is 4.72. The molecule has 1 amide bonds. The lowest BCUT2D eigenvalue weighted by molar-refractivity contribution is 0.0950. The van der Waals surface area contributed by atoms with Crippen LogP contribution >= 0.6 is 0 Å². The Bertz CT molecular complexity index is 1310. The van der Waals surface area contributed by atoms with E-state index in [1.807, 2.05) is 6.07 Å². The van der Waals surface area contributed by atoms with Crippen LogP contribution in [0.2, 0.25) is 0 Å². The van der Waals surface area contributed by atoms with Crippen LogP contribution in [0.15, 0.2) is 71.6 Å². The van der Waals surface area contributed by atoms with Gasteiger partial charge in [0.25, 0.3) is 15.9 Å². The van der Waals surface area contributed by atoms with Crippen LogP contribution in [0.1, 0.15) is 40.2 Å². The minimum Gasteiger partial charge on any atom is -0.486 e. The van der Waals surface area contributed by atoms with Gasteiger partial charge in [-0.3, -0.25) is 9.52 Å². The molecule has 0 saturated heterocycles. The van der Waals surface area contributed by atoms with Gasteiger partial charge in [0.1, 0.15) is 13.2 Å². The van der Waals surface area contributed by atoms with Crippen molar-refractivity contribution in [3.63, 3.8) is 0 Å². The first-order valence-electron chi connectivity index (χ1n) is 11.4. The molecule has 3 aromatic carbocycles. The standard InChI is InChI=1S/C26H26N2O5S/c29-26(27-17-20-6-3-5-18-4-1-2-7-23(18)20)19-8-10-21(11-9-19)28-34(30,31)22-12-13-24-25(16-22)33-15-14-32-24/h1-2,4,7-13,16,20,28H,3,5-6,14-15,17H2,(H,27,29). The second kappa shape index (κ2) is 9.38. The summed E-state index contributed by atoms with van der Waals surface area (Å²) in [5, 5.41) is 3.03. The van der Waals surface area contributed by atoms with E-state index in [1.54, 1.807) is 30.3 Å². The summed E-state index contributed by atoms with van der Waals surface area (Å²) in [6.45, 7) is 1.39. The highest BCUT2D eigenvalue weighted by atomic mass is 32.2. The van der Waals surface area contributed by atoms with Crippen molar-refractivity contribution in [2.24, 2.45) is 0 Å². The Labute approximate surface area is 199 Å². The molecule has 34 heavy (non-hydrogen) atoms. The number of anilines is 1. The Balaban J connectivity index is 1.22. The minimum atomic E-state index is -3.82.